The van der Waals surface area contributed by atoms with Crippen LogP contribution in [-0.2, 0) is 13.1 Å². The minimum absolute atomic E-state index is 0.676. The van der Waals surface area contributed by atoms with E-state index < -0.39 is 0 Å². The van der Waals surface area contributed by atoms with Gasteiger partial charge in [-0.2, -0.15) is 5.10 Å². The lowest BCUT2D eigenvalue weighted by atomic mass is 10.2. The first-order valence-electron chi connectivity index (χ1n) is 6.20. The Morgan fingerprint density at radius 2 is 2.39 bits per heavy atom. The third-order valence-corrected chi connectivity index (χ3v) is 3.53. The van der Waals surface area contributed by atoms with Crippen LogP contribution in [0.4, 0.5) is 0 Å². The third-order valence-electron chi connectivity index (χ3n) is 3.12. The highest BCUT2D eigenvalue weighted by Gasteiger charge is 2.21. The van der Waals surface area contributed by atoms with E-state index in [-0.39, 0.29) is 0 Å². The Hall–Kier alpha value is -1.07. The second-order valence-electron chi connectivity index (χ2n) is 4.83. The molecule has 1 aliphatic rings. The largest absolute Gasteiger partial charge is 0.462 e. The number of aromatic nitrogens is 2. The summed E-state index contributed by atoms with van der Waals surface area (Å²) < 4.78 is 8.72. The van der Waals surface area contributed by atoms with E-state index in [1.807, 2.05) is 10.9 Å². The molecule has 1 saturated carbocycles. The predicted molar refractivity (Wildman–Crippen MR) is 72.3 cm³/mol. The van der Waals surface area contributed by atoms with Crippen molar-refractivity contribution in [3.8, 4) is 0 Å². The van der Waals surface area contributed by atoms with Crippen LogP contribution in [0.2, 0.25) is 0 Å². The molecule has 1 N–H and O–H groups in total. The second-order valence-corrected chi connectivity index (χ2v) is 5.75. The predicted octanol–water partition coefficient (Wildman–Crippen LogP) is 2.85. The third kappa shape index (κ3) is 2.84. The number of rotatable bonds is 5. The van der Waals surface area contributed by atoms with Crippen LogP contribution in [0.5, 0.6) is 0 Å². The molecule has 4 nitrogen and oxygen atoms in total. The van der Waals surface area contributed by atoms with Gasteiger partial charge >= 0.3 is 0 Å². The minimum atomic E-state index is 0.676. The van der Waals surface area contributed by atoms with Crippen LogP contribution in [0.15, 0.2) is 27.3 Å². The molecule has 0 aliphatic heterocycles. The van der Waals surface area contributed by atoms with Crippen molar-refractivity contribution in [2.24, 2.45) is 0 Å². The highest BCUT2D eigenvalue weighted by atomic mass is 79.9. The number of hydrogen-bond donors (Lipinski definition) is 1. The molecule has 0 spiro atoms. The summed E-state index contributed by atoms with van der Waals surface area (Å²) in [4.78, 5) is 0. The molecular weight excluding hydrogens is 294 g/mol. The number of nitrogens with one attached hydrogen (secondary N) is 1. The van der Waals surface area contributed by atoms with E-state index in [2.05, 4.69) is 39.3 Å². The van der Waals surface area contributed by atoms with Gasteiger partial charge in [-0.1, -0.05) is 0 Å². The summed E-state index contributed by atoms with van der Waals surface area (Å²) in [6, 6.07) is 2.81. The summed E-state index contributed by atoms with van der Waals surface area (Å²) in [6.07, 6.45) is 6.33. The zero-order valence-electron chi connectivity index (χ0n) is 10.3. The first-order valence-corrected chi connectivity index (χ1v) is 6.99. The molecule has 0 saturated heterocycles. The van der Waals surface area contributed by atoms with Crippen LogP contribution < -0.4 is 5.32 Å². The van der Waals surface area contributed by atoms with E-state index in [4.69, 9.17) is 4.42 Å². The molecule has 0 aromatic carbocycles. The van der Waals surface area contributed by atoms with Gasteiger partial charge in [-0.25, -0.2) is 0 Å². The van der Waals surface area contributed by atoms with Crippen LogP contribution in [0, 0.1) is 6.92 Å². The average molecular weight is 310 g/mol. The number of furan rings is 1. The van der Waals surface area contributed by atoms with Crippen LogP contribution in [0.3, 0.4) is 0 Å². The van der Waals surface area contributed by atoms with Gasteiger partial charge in [0.1, 0.15) is 11.5 Å². The Labute approximate surface area is 114 Å². The highest BCUT2D eigenvalue weighted by molar-refractivity contribution is 9.10. The summed E-state index contributed by atoms with van der Waals surface area (Å²) in [5, 5.41) is 7.70. The molecule has 1 aliphatic carbocycles. The normalized spacial score (nSPS) is 15.2. The zero-order valence-corrected chi connectivity index (χ0v) is 11.9. The van der Waals surface area contributed by atoms with Crippen molar-refractivity contribution in [2.45, 2.75) is 38.9 Å². The van der Waals surface area contributed by atoms with Gasteiger partial charge < -0.3 is 9.73 Å². The summed E-state index contributed by atoms with van der Waals surface area (Å²) in [5.41, 5.74) is 1.21. The molecule has 0 unspecified atom stereocenters. The van der Waals surface area contributed by atoms with Gasteiger partial charge in [-0.05, 0) is 47.3 Å². The fourth-order valence-corrected chi connectivity index (χ4v) is 2.28. The van der Waals surface area contributed by atoms with E-state index >= 15 is 0 Å². The van der Waals surface area contributed by atoms with Gasteiger partial charge in [0.2, 0.25) is 0 Å². The van der Waals surface area contributed by atoms with Crippen molar-refractivity contribution in [3.63, 3.8) is 0 Å². The fraction of sp³-hybridized carbons (Fsp3) is 0.462. The van der Waals surface area contributed by atoms with Crippen LogP contribution in [-0.4, -0.2) is 15.8 Å². The molecule has 1 fully saturated rings. The van der Waals surface area contributed by atoms with Crippen LogP contribution >= 0.6 is 15.9 Å². The van der Waals surface area contributed by atoms with Gasteiger partial charge in [0.15, 0.2) is 0 Å². The summed E-state index contributed by atoms with van der Waals surface area (Å²) >= 11 is 3.39. The molecule has 0 atom stereocenters. The molecule has 0 amide bonds. The molecule has 18 heavy (non-hydrogen) atoms. The maximum absolute atomic E-state index is 5.87. The Morgan fingerprint density at radius 3 is 3.06 bits per heavy atom. The monoisotopic (exact) mass is 309 g/mol. The van der Waals surface area contributed by atoms with Gasteiger partial charge in [0.25, 0.3) is 0 Å². The quantitative estimate of drug-likeness (QED) is 0.923. The molecule has 2 aromatic rings. The number of nitrogens with zero attached hydrogens (tertiary/aromatic N) is 2. The summed E-state index contributed by atoms with van der Waals surface area (Å²) in [6.45, 7) is 3.60. The van der Waals surface area contributed by atoms with Crippen molar-refractivity contribution in [2.75, 3.05) is 0 Å². The SMILES string of the molecule is Cc1cc(Cn2cc(Br)cn2)oc1CNC1CC1. The minimum Gasteiger partial charge on any atom is -0.462 e. The molecule has 2 aromatic heterocycles. The van der Waals surface area contributed by atoms with Gasteiger partial charge in [0.05, 0.1) is 23.8 Å². The topological polar surface area (TPSA) is 43.0 Å². The second kappa shape index (κ2) is 4.90. The lowest BCUT2D eigenvalue weighted by Crippen LogP contribution is -2.15. The Balaban J connectivity index is 1.66. The maximum Gasteiger partial charge on any atom is 0.126 e. The molecule has 0 bridgehead atoms. The first kappa shape index (κ1) is 12.0. The molecule has 0 radical (unpaired) electrons. The summed E-state index contributed by atoms with van der Waals surface area (Å²) in [5.74, 6) is 2.00. The summed E-state index contributed by atoms with van der Waals surface area (Å²) in [7, 11) is 0. The fourth-order valence-electron chi connectivity index (χ4n) is 1.95. The van der Waals surface area contributed by atoms with Crippen LogP contribution in [0.1, 0.15) is 29.9 Å². The lowest BCUT2D eigenvalue weighted by molar-refractivity contribution is 0.428. The average Bonchev–Trinajstić information content (AvgIpc) is 2.98. The standard InChI is InChI=1S/C13H16BrN3O/c1-9-4-12(8-17-7-10(14)5-16-17)18-13(9)6-15-11-2-3-11/h4-5,7,11,15H,2-3,6,8H2,1H3. The Bertz CT molecular complexity index is 542. The van der Waals surface area contributed by atoms with Crippen molar-refractivity contribution >= 4 is 15.9 Å². The number of hydrogen-bond acceptors (Lipinski definition) is 3. The molecular formula is C13H16BrN3O. The van der Waals surface area contributed by atoms with Gasteiger partial charge in [-0.15, -0.1) is 0 Å². The number of aryl methyl sites for hydroxylation is 1. The first-order chi connectivity index (χ1) is 8.70. The zero-order chi connectivity index (χ0) is 12.5. The smallest absolute Gasteiger partial charge is 0.126 e. The van der Waals surface area contributed by atoms with Crippen molar-refractivity contribution < 1.29 is 4.42 Å². The van der Waals surface area contributed by atoms with E-state index in [0.717, 1.165) is 22.5 Å². The van der Waals surface area contributed by atoms with Gasteiger partial charge in [0, 0.05) is 12.2 Å². The molecule has 5 heteroatoms. The van der Waals surface area contributed by atoms with E-state index in [0.29, 0.717) is 12.6 Å². The number of halogens is 1. The van der Waals surface area contributed by atoms with E-state index in [1.54, 1.807) is 6.20 Å². The van der Waals surface area contributed by atoms with Crippen molar-refractivity contribution in [1.29, 1.82) is 0 Å². The van der Waals surface area contributed by atoms with E-state index in [1.165, 1.54) is 18.4 Å². The Kier molecular flexibility index (Phi) is 3.26. The molecule has 2 heterocycles. The molecule has 3 rings (SSSR count). The maximum atomic E-state index is 5.87. The lowest BCUT2D eigenvalue weighted by Gasteiger charge is -2.00. The van der Waals surface area contributed by atoms with Gasteiger partial charge in [-0.3, -0.25) is 4.68 Å². The Morgan fingerprint density at radius 1 is 1.56 bits per heavy atom. The highest BCUT2D eigenvalue weighted by Crippen LogP contribution is 2.21. The van der Waals surface area contributed by atoms with Crippen molar-refractivity contribution in [3.05, 3.63) is 40.0 Å². The van der Waals surface area contributed by atoms with Crippen molar-refractivity contribution in [1.82, 2.24) is 15.1 Å². The van der Waals surface area contributed by atoms with Crippen LogP contribution in [0.25, 0.3) is 0 Å². The van der Waals surface area contributed by atoms with E-state index in [9.17, 15) is 0 Å². The molecule has 96 valence electrons.